The highest BCUT2D eigenvalue weighted by Crippen LogP contribution is 2.12. The minimum absolute atomic E-state index is 0.128. The fourth-order valence-electron chi connectivity index (χ4n) is 1.53. The van der Waals surface area contributed by atoms with E-state index in [-0.39, 0.29) is 11.5 Å². The number of carbonyl (C=O) groups excluding carboxylic acids is 1. The number of aromatic nitrogens is 2. The van der Waals surface area contributed by atoms with Crippen molar-refractivity contribution in [2.75, 3.05) is 0 Å². The predicted molar refractivity (Wildman–Crippen MR) is 59.7 cm³/mol. The number of rotatable bonds is 3. The maximum absolute atomic E-state index is 10.9. The standard InChI is InChI=1S/C11H11N3O3/c1-7(15)12-5-8-2-3-14-10(4-8)9(6-13-14)11(16)17/h2-4,6H,5H2,1H3,(H,12,15)(H,16,17). The molecule has 0 spiro atoms. The molecule has 0 aliphatic heterocycles. The van der Waals surface area contributed by atoms with Gasteiger partial charge in [0.1, 0.15) is 5.56 Å². The summed E-state index contributed by atoms with van der Waals surface area (Å²) in [6.07, 6.45) is 2.97. The predicted octanol–water partition coefficient (Wildman–Crippen LogP) is 0.669. The van der Waals surface area contributed by atoms with Crippen LogP contribution >= 0.6 is 0 Å². The summed E-state index contributed by atoms with van der Waals surface area (Å²) >= 11 is 0. The zero-order valence-electron chi connectivity index (χ0n) is 9.17. The van der Waals surface area contributed by atoms with E-state index in [4.69, 9.17) is 5.11 Å². The van der Waals surface area contributed by atoms with Crippen molar-refractivity contribution in [3.05, 3.63) is 35.7 Å². The normalized spacial score (nSPS) is 10.4. The van der Waals surface area contributed by atoms with E-state index in [9.17, 15) is 9.59 Å². The van der Waals surface area contributed by atoms with E-state index in [1.165, 1.54) is 17.6 Å². The number of nitrogens with one attached hydrogen (secondary N) is 1. The largest absolute Gasteiger partial charge is 0.478 e. The number of carbonyl (C=O) groups is 2. The SMILES string of the molecule is CC(=O)NCc1ccn2ncc(C(=O)O)c2c1. The van der Waals surface area contributed by atoms with E-state index >= 15 is 0 Å². The van der Waals surface area contributed by atoms with Gasteiger partial charge < -0.3 is 10.4 Å². The average Bonchev–Trinajstić information content (AvgIpc) is 2.69. The molecule has 0 unspecified atom stereocenters. The van der Waals surface area contributed by atoms with Gasteiger partial charge >= 0.3 is 5.97 Å². The summed E-state index contributed by atoms with van der Waals surface area (Å²) in [5.41, 5.74) is 1.49. The molecule has 2 heterocycles. The highest BCUT2D eigenvalue weighted by atomic mass is 16.4. The molecule has 6 nitrogen and oxygen atoms in total. The van der Waals surface area contributed by atoms with Crippen LogP contribution < -0.4 is 5.32 Å². The Balaban J connectivity index is 2.37. The van der Waals surface area contributed by atoms with Crippen LogP contribution in [0, 0.1) is 0 Å². The van der Waals surface area contributed by atoms with Gasteiger partial charge in [-0.05, 0) is 17.7 Å². The number of hydrogen-bond donors (Lipinski definition) is 2. The second-order valence-corrected chi connectivity index (χ2v) is 3.64. The summed E-state index contributed by atoms with van der Waals surface area (Å²) in [4.78, 5) is 21.7. The van der Waals surface area contributed by atoms with Gasteiger partial charge in [-0.1, -0.05) is 0 Å². The molecule has 6 heteroatoms. The molecule has 2 N–H and O–H groups in total. The molecule has 0 bridgehead atoms. The Labute approximate surface area is 96.9 Å². The number of amides is 1. The molecule has 2 rings (SSSR count). The molecule has 0 aromatic carbocycles. The molecule has 0 radical (unpaired) electrons. The first kappa shape index (κ1) is 11.1. The first-order valence-corrected chi connectivity index (χ1v) is 5.02. The van der Waals surface area contributed by atoms with Crippen LogP contribution in [0.3, 0.4) is 0 Å². The van der Waals surface area contributed by atoms with Crippen LogP contribution in [0.1, 0.15) is 22.8 Å². The van der Waals surface area contributed by atoms with Crippen LogP contribution in [0.15, 0.2) is 24.5 Å². The summed E-state index contributed by atoms with van der Waals surface area (Å²) in [5, 5.41) is 15.5. The van der Waals surface area contributed by atoms with E-state index in [1.807, 2.05) is 0 Å². The highest BCUT2D eigenvalue weighted by Gasteiger charge is 2.11. The molecule has 2 aromatic heterocycles. The molecule has 0 aliphatic rings. The van der Waals surface area contributed by atoms with Crippen molar-refractivity contribution in [2.45, 2.75) is 13.5 Å². The lowest BCUT2D eigenvalue weighted by Gasteiger charge is -2.03. The van der Waals surface area contributed by atoms with Crippen molar-refractivity contribution in [3.8, 4) is 0 Å². The van der Waals surface area contributed by atoms with Gasteiger partial charge in [0.25, 0.3) is 0 Å². The van der Waals surface area contributed by atoms with Crippen molar-refractivity contribution in [1.29, 1.82) is 0 Å². The Morgan fingerprint density at radius 3 is 2.94 bits per heavy atom. The Morgan fingerprint density at radius 1 is 1.53 bits per heavy atom. The Hall–Kier alpha value is -2.37. The molecule has 2 aromatic rings. The summed E-state index contributed by atoms with van der Waals surface area (Å²) in [5.74, 6) is -1.14. The van der Waals surface area contributed by atoms with E-state index in [0.717, 1.165) is 5.56 Å². The van der Waals surface area contributed by atoms with Gasteiger partial charge in [-0.2, -0.15) is 5.10 Å². The van der Waals surface area contributed by atoms with Gasteiger partial charge in [-0.3, -0.25) is 4.79 Å². The first-order valence-electron chi connectivity index (χ1n) is 5.02. The van der Waals surface area contributed by atoms with Crippen molar-refractivity contribution >= 4 is 17.4 Å². The lowest BCUT2D eigenvalue weighted by molar-refractivity contribution is -0.119. The lowest BCUT2D eigenvalue weighted by atomic mass is 10.2. The molecule has 0 fully saturated rings. The third-order valence-corrected chi connectivity index (χ3v) is 2.36. The average molecular weight is 233 g/mol. The highest BCUT2D eigenvalue weighted by molar-refractivity contribution is 5.95. The summed E-state index contributed by atoms with van der Waals surface area (Å²) < 4.78 is 1.49. The molecule has 0 saturated heterocycles. The quantitative estimate of drug-likeness (QED) is 0.816. The van der Waals surface area contributed by atoms with Gasteiger partial charge in [0.15, 0.2) is 0 Å². The van der Waals surface area contributed by atoms with E-state index < -0.39 is 5.97 Å². The number of aromatic carboxylic acids is 1. The fraction of sp³-hybridized carbons (Fsp3) is 0.182. The Bertz CT molecular complexity index is 589. The Kier molecular flexibility index (Phi) is 2.78. The molecule has 88 valence electrons. The number of hydrogen-bond acceptors (Lipinski definition) is 3. The molecular formula is C11H11N3O3. The van der Waals surface area contributed by atoms with Crippen LogP contribution in [-0.4, -0.2) is 26.6 Å². The third-order valence-electron chi connectivity index (χ3n) is 2.36. The second-order valence-electron chi connectivity index (χ2n) is 3.64. The van der Waals surface area contributed by atoms with Crippen LogP contribution in [0.25, 0.3) is 5.52 Å². The molecule has 0 aliphatic carbocycles. The molecule has 0 atom stereocenters. The lowest BCUT2D eigenvalue weighted by Crippen LogP contribution is -2.18. The van der Waals surface area contributed by atoms with Crippen molar-refractivity contribution in [2.24, 2.45) is 0 Å². The number of nitrogens with zero attached hydrogens (tertiary/aromatic N) is 2. The smallest absolute Gasteiger partial charge is 0.339 e. The minimum Gasteiger partial charge on any atom is -0.478 e. The van der Waals surface area contributed by atoms with Gasteiger partial charge in [0.05, 0.1) is 11.7 Å². The van der Waals surface area contributed by atoms with Crippen molar-refractivity contribution in [1.82, 2.24) is 14.9 Å². The van der Waals surface area contributed by atoms with Crippen LogP contribution in [0.4, 0.5) is 0 Å². The summed E-state index contributed by atoms with van der Waals surface area (Å²) in [7, 11) is 0. The number of carboxylic acid groups (broad SMARTS) is 1. The third kappa shape index (κ3) is 2.25. The fourth-order valence-corrected chi connectivity index (χ4v) is 1.53. The first-order chi connectivity index (χ1) is 8.08. The molecular weight excluding hydrogens is 222 g/mol. The summed E-state index contributed by atoms with van der Waals surface area (Å²) in [6, 6.07) is 3.48. The minimum atomic E-state index is -1.02. The number of carboxylic acids is 1. The van der Waals surface area contributed by atoms with Crippen molar-refractivity contribution < 1.29 is 14.7 Å². The molecule has 1 amide bonds. The number of pyridine rings is 1. The number of fused-ring (bicyclic) bond motifs is 1. The van der Waals surface area contributed by atoms with Gasteiger partial charge in [0, 0.05) is 19.7 Å². The topological polar surface area (TPSA) is 83.7 Å². The zero-order valence-corrected chi connectivity index (χ0v) is 9.17. The monoisotopic (exact) mass is 233 g/mol. The summed E-state index contributed by atoms with van der Waals surface area (Å²) in [6.45, 7) is 1.80. The molecule has 17 heavy (non-hydrogen) atoms. The maximum Gasteiger partial charge on any atom is 0.339 e. The van der Waals surface area contributed by atoms with Crippen molar-refractivity contribution in [3.63, 3.8) is 0 Å². The maximum atomic E-state index is 10.9. The zero-order chi connectivity index (χ0) is 12.4. The van der Waals surface area contributed by atoms with Crippen LogP contribution in [0.2, 0.25) is 0 Å². The van der Waals surface area contributed by atoms with Gasteiger partial charge in [-0.25, -0.2) is 9.31 Å². The molecule has 0 saturated carbocycles. The van der Waals surface area contributed by atoms with Gasteiger partial charge in [0.2, 0.25) is 5.91 Å². The van der Waals surface area contributed by atoms with E-state index in [0.29, 0.717) is 12.1 Å². The van der Waals surface area contributed by atoms with Gasteiger partial charge in [-0.15, -0.1) is 0 Å². The second kappa shape index (κ2) is 4.25. The van der Waals surface area contributed by atoms with Crippen LogP contribution in [-0.2, 0) is 11.3 Å². The van der Waals surface area contributed by atoms with E-state index in [1.54, 1.807) is 18.3 Å². The van der Waals surface area contributed by atoms with E-state index in [2.05, 4.69) is 10.4 Å². The Morgan fingerprint density at radius 2 is 2.29 bits per heavy atom. The van der Waals surface area contributed by atoms with Crippen LogP contribution in [0.5, 0.6) is 0 Å².